The molecular formula is C54H107ClIK2N9O13. The SMILES string of the molecule is C.CI.CN1CCCCC1C(=O)O.CN1CCCCC1C=O.CN1CCCCC1CO.COC(=O)C1CCCCN1C.CON(C)C(=O)C1CCCCN1C.Cl.O=C(O)C1CCCCN1.O=CO[O-].[C-]#[N+]C1CCCCN1C.[H-].[K+].[K+]. The molecule has 7 fully saturated rings. The number of aliphatic hydroxyl groups is 1. The summed E-state index contributed by atoms with van der Waals surface area (Å²) in [6, 6.07) is 0.164. The number of nitrogens with zero attached hydrogens (tertiary/aromatic N) is 8. The molecule has 0 spiro atoms. The minimum Gasteiger partial charge on any atom is -1.00 e. The van der Waals surface area contributed by atoms with Gasteiger partial charge in [0.25, 0.3) is 18.5 Å². The van der Waals surface area contributed by atoms with Gasteiger partial charge in [-0.2, -0.15) is 0 Å². The fraction of sp³-hybridized carbons (Fsp3) is 0.870. The van der Waals surface area contributed by atoms with Crippen LogP contribution in [-0.4, -0.2) is 250 Å². The van der Waals surface area contributed by atoms with Gasteiger partial charge < -0.3 is 46.6 Å². The number of likely N-dealkylation sites (N-methyl/N-ethyl adjacent to an activating group) is 6. The van der Waals surface area contributed by atoms with Crippen LogP contribution in [0, 0.1) is 6.57 Å². The topological polar surface area (TPSA) is 253 Å². The Kier molecular flexibility index (Phi) is 68.4. The Morgan fingerprint density at radius 2 is 1.06 bits per heavy atom. The Hall–Kier alpha value is 0.403. The first-order valence-electron chi connectivity index (χ1n) is 27.2. The molecule has 22 nitrogen and oxygen atoms in total. The van der Waals surface area contributed by atoms with E-state index in [1.165, 1.54) is 77.1 Å². The van der Waals surface area contributed by atoms with E-state index in [0.717, 1.165) is 129 Å². The number of halogens is 2. The number of piperidine rings is 7. The number of rotatable bonds is 8. The van der Waals surface area contributed by atoms with Gasteiger partial charge in [0, 0.05) is 26.1 Å². The maximum absolute atomic E-state index is 11.7. The molecule has 0 aromatic rings. The number of aliphatic hydroxyl groups excluding tert-OH is 1. The summed E-state index contributed by atoms with van der Waals surface area (Å²) >= 11 is 2.15. The molecular weight excluding hydrogens is 1220 g/mol. The van der Waals surface area contributed by atoms with Crippen LogP contribution in [0.25, 0.3) is 4.85 Å². The van der Waals surface area contributed by atoms with E-state index < -0.39 is 11.9 Å². The average Bonchev–Trinajstić information content (AvgIpc) is 3.45. The number of carbonyl (C=O) groups excluding carboxylic acids is 4. The van der Waals surface area contributed by atoms with Crippen LogP contribution in [0.1, 0.15) is 144 Å². The normalized spacial score (nSPS) is 24.8. The third-order valence-corrected chi connectivity index (χ3v) is 14.6. The molecule has 4 N–H and O–H groups in total. The number of aldehydes is 1. The number of aliphatic carboxylic acids is 2. The third-order valence-electron chi connectivity index (χ3n) is 14.6. The van der Waals surface area contributed by atoms with E-state index in [2.05, 4.69) is 73.9 Å². The molecule has 7 heterocycles. The summed E-state index contributed by atoms with van der Waals surface area (Å²) in [5, 5.41) is 38.6. The Bertz CT molecular complexity index is 1590. The van der Waals surface area contributed by atoms with E-state index in [-0.39, 0.29) is 179 Å². The van der Waals surface area contributed by atoms with Crippen LogP contribution in [0.5, 0.6) is 0 Å². The Morgan fingerprint density at radius 1 is 0.650 bits per heavy atom. The van der Waals surface area contributed by atoms with E-state index in [4.69, 9.17) is 36.8 Å². The zero-order chi connectivity index (χ0) is 57.8. The Labute approximate surface area is 589 Å². The fourth-order valence-electron chi connectivity index (χ4n) is 9.51. The van der Waals surface area contributed by atoms with E-state index in [1.54, 1.807) is 7.05 Å². The molecule has 7 aliphatic rings. The Morgan fingerprint density at radius 3 is 1.35 bits per heavy atom. The van der Waals surface area contributed by atoms with Gasteiger partial charge in [0.15, 0.2) is 0 Å². The molecule has 80 heavy (non-hydrogen) atoms. The number of methoxy groups -OCH3 is 1. The molecule has 0 saturated carbocycles. The van der Waals surface area contributed by atoms with Gasteiger partial charge in [-0.05, 0) is 176 Å². The van der Waals surface area contributed by atoms with Crippen LogP contribution < -0.4 is 113 Å². The predicted octanol–water partition coefficient (Wildman–Crippen LogP) is -0.953. The van der Waals surface area contributed by atoms with Crippen LogP contribution in [0.15, 0.2) is 0 Å². The van der Waals surface area contributed by atoms with Crippen LogP contribution in [0.3, 0.4) is 0 Å². The van der Waals surface area contributed by atoms with Gasteiger partial charge in [-0.1, -0.05) is 68.5 Å². The smallest absolute Gasteiger partial charge is 1.00 e. The van der Waals surface area contributed by atoms with Gasteiger partial charge in [-0.15, -0.1) is 12.4 Å². The number of nitrogens with one attached hydrogen (secondary N) is 1. The van der Waals surface area contributed by atoms with Crippen LogP contribution in [0.4, 0.5) is 0 Å². The van der Waals surface area contributed by atoms with Gasteiger partial charge in [0.05, 0.1) is 32.9 Å². The number of esters is 1. The van der Waals surface area contributed by atoms with Crippen molar-refractivity contribution < 1.29 is 168 Å². The molecule has 1 amide bonds. The minimum atomic E-state index is -0.713. The summed E-state index contributed by atoms with van der Waals surface area (Å²) < 4.78 is 4.68. The molecule has 0 aliphatic carbocycles. The summed E-state index contributed by atoms with van der Waals surface area (Å²) in [5.41, 5.74) is 0. The zero-order valence-electron chi connectivity index (χ0n) is 51.5. The van der Waals surface area contributed by atoms with Crippen molar-refractivity contribution in [3.05, 3.63) is 11.4 Å². The molecule has 462 valence electrons. The van der Waals surface area contributed by atoms with Crippen LogP contribution in [-0.2, 0) is 43.2 Å². The van der Waals surface area contributed by atoms with Gasteiger partial charge in [-0.25, -0.2) is 16.5 Å². The van der Waals surface area contributed by atoms with Gasteiger partial charge in [-0.3, -0.25) is 53.3 Å². The maximum Gasteiger partial charge on any atom is 1.00 e. The van der Waals surface area contributed by atoms with Crippen molar-refractivity contribution in [3.63, 3.8) is 0 Å². The number of hydroxylamine groups is 2. The van der Waals surface area contributed by atoms with Gasteiger partial charge in [0.1, 0.15) is 24.4 Å². The first-order chi connectivity index (χ1) is 36.4. The summed E-state index contributed by atoms with van der Waals surface area (Å²) in [6.45, 7) is 14.1. The summed E-state index contributed by atoms with van der Waals surface area (Å²) in [4.78, 5) is 88.1. The monoisotopic (exact) mass is 1330 g/mol. The van der Waals surface area contributed by atoms with E-state index in [1.807, 2.05) is 45.1 Å². The molecule has 0 bridgehead atoms. The minimum absolute atomic E-state index is 0. The first kappa shape index (κ1) is 91.6. The van der Waals surface area contributed by atoms with E-state index in [9.17, 15) is 24.0 Å². The standard InChI is InChI=1S/C9H18N2O2.C8H15NO2.C7H12N2.C7H13NO2.C7H15NO.C7H13NO.C6H11NO2.CH3I.CH2O3.CH4.ClH.2K.H/c1-10-7-5-4-6-8(10)9(12)11(2)13-3;1-9-6-4-3-5-7(9)8(10)11-2;1-8-7-5-3-4-6-9(7)2;1-8-5-3-2-4-6(8)7(9)10;2*1-8-5-3-2-4-7(8)6-9;8-6(9)5-3-1-2-4-7-5;1-2;2-1-4-3;;;;;/h8H,4-7H2,1-3H3;7H,3-6H2,1-2H3;7H,3-6H2,2H3;6H,2-5H2,1H3,(H,9,10);7,9H,2-6H2,1H3;6-7H,2-5H2,1H3;5,7H,1-4H2,(H,8,9);1H3;1,3H;1H4;1H;;;/q;;;;;;;;;;;2*+1;-1/p-1. The zero-order valence-corrected chi connectivity index (χ0v) is 59.7. The van der Waals surface area contributed by atoms with Crippen molar-refractivity contribution in [2.24, 2.45) is 0 Å². The maximum atomic E-state index is 11.7. The van der Waals surface area contributed by atoms with E-state index >= 15 is 0 Å². The largest absolute Gasteiger partial charge is 1.00 e. The fourth-order valence-corrected chi connectivity index (χ4v) is 9.51. The molecule has 0 radical (unpaired) electrons. The van der Waals surface area contributed by atoms with E-state index in [0.29, 0.717) is 12.6 Å². The van der Waals surface area contributed by atoms with Crippen molar-refractivity contribution in [1.29, 1.82) is 0 Å². The number of carbonyl (C=O) groups is 6. The number of ether oxygens (including phenoxy) is 1. The second kappa shape index (κ2) is 59.7. The molecule has 7 aliphatic heterocycles. The van der Waals surface area contributed by atoms with Gasteiger partial charge >= 0.3 is 121 Å². The second-order valence-electron chi connectivity index (χ2n) is 20.0. The molecule has 7 rings (SSSR count). The Balaban J connectivity index is -0.000000154. The summed E-state index contributed by atoms with van der Waals surface area (Å²) in [6.07, 6.45) is 24.6. The first-order valence-corrected chi connectivity index (χ1v) is 29.4. The number of alkyl halides is 1. The number of amides is 1. The predicted molar refractivity (Wildman–Crippen MR) is 316 cm³/mol. The number of likely N-dealkylation sites (tertiary alicyclic amines) is 6. The average molecular weight is 1330 g/mol. The number of hydrogen-bond donors (Lipinski definition) is 4. The van der Waals surface area contributed by atoms with Crippen LogP contribution >= 0.6 is 35.0 Å². The number of carboxylic acid groups (broad SMARTS) is 2. The van der Waals surface area contributed by atoms with Crippen molar-refractivity contribution in [2.45, 2.75) is 185 Å². The van der Waals surface area contributed by atoms with Crippen molar-refractivity contribution >= 4 is 71.6 Å². The molecule has 0 aromatic heterocycles. The molecule has 0 aromatic carbocycles. The molecule has 7 atom stereocenters. The third kappa shape index (κ3) is 42.3. The van der Waals surface area contributed by atoms with Crippen LogP contribution in [0.2, 0.25) is 0 Å². The second-order valence-corrected chi connectivity index (χ2v) is 20.0. The molecule has 7 saturated heterocycles. The quantitative estimate of drug-likeness (QED) is 0.0334. The number of hydrogen-bond acceptors (Lipinski definition) is 18. The summed E-state index contributed by atoms with van der Waals surface area (Å²) in [7, 11) is 16.6. The van der Waals surface area contributed by atoms with Crippen molar-refractivity contribution in [1.82, 2.24) is 39.8 Å². The summed E-state index contributed by atoms with van der Waals surface area (Å²) in [5.74, 6) is -1.42. The molecule has 26 heteroatoms. The molecule has 7 unspecified atom stereocenters. The van der Waals surface area contributed by atoms with Crippen molar-refractivity contribution in [2.75, 3.05) is 121 Å². The number of carboxylic acids is 2. The van der Waals surface area contributed by atoms with Crippen molar-refractivity contribution in [3.8, 4) is 0 Å². The van der Waals surface area contributed by atoms with Gasteiger partial charge in [0.2, 0.25) is 0 Å².